The van der Waals surface area contributed by atoms with Gasteiger partial charge in [-0.3, -0.25) is 0 Å². The van der Waals surface area contributed by atoms with Gasteiger partial charge in [-0.05, 0) is 68.0 Å². The quantitative estimate of drug-likeness (QED) is 0.169. The van der Waals surface area contributed by atoms with Gasteiger partial charge in [0.15, 0.2) is 0 Å². The van der Waals surface area contributed by atoms with Crippen molar-refractivity contribution in [2.75, 3.05) is 6.61 Å². The zero-order chi connectivity index (χ0) is 25.3. The minimum Gasteiger partial charge on any atom is -0.458 e. The molecule has 2 rings (SSSR count). The summed E-state index contributed by atoms with van der Waals surface area (Å²) in [6.07, 6.45) is 14.1. The summed E-state index contributed by atoms with van der Waals surface area (Å²) in [7, 11) is 0. The highest BCUT2D eigenvalue weighted by Gasteiger charge is 2.15. The molecule has 2 aromatic carbocycles. The predicted molar refractivity (Wildman–Crippen MR) is 143 cm³/mol. The molecule has 4 heteroatoms. The number of ether oxygens (including phenoxy) is 2. The number of unbranched alkanes of at least 4 members (excludes halogenated alkanes) is 8. The van der Waals surface area contributed by atoms with E-state index in [0.717, 1.165) is 12.8 Å². The molecular formula is C31H44O4. The van der Waals surface area contributed by atoms with Crippen molar-refractivity contribution in [3.8, 4) is 0 Å². The lowest BCUT2D eigenvalue weighted by Crippen LogP contribution is -2.22. The minimum absolute atomic E-state index is 0.0274. The molecular weight excluding hydrogens is 436 g/mol. The Morgan fingerprint density at radius 1 is 0.629 bits per heavy atom. The Morgan fingerprint density at radius 3 is 1.51 bits per heavy atom. The van der Waals surface area contributed by atoms with Gasteiger partial charge in [0.25, 0.3) is 0 Å². The Kier molecular flexibility index (Phi) is 13.8. The summed E-state index contributed by atoms with van der Waals surface area (Å²) in [5, 5.41) is 0. The van der Waals surface area contributed by atoms with E-state index in [-0.39, 0.29) is 6.61 Å². The third-order valence-electron chi connectivity index (χ3n) is 6.27. The summed E-state index contributed by atoms with van der Waals surface area (Å²) < 4.78 is 10.8. The van der Waals surface area contributed by atoms with Crippen LogP contribution in [0.4, 0.5) is 0 Å². The molecule has 0 aromatic heterocycles. The molecule has 0 saturated heterocycles. The summed E-state index contributed by atoms with van der Waals surface area (Å²) in [6, 6.07) is 15.2. The summed E-state index contributed by atoms with van der Waals surface area (Å²) in [6.45, 7) is 6.20. The lowest BCUT2D eigenvalue weighted by molar-refractivity contribution is 0.00448. The van der Waals surface area contributed by atoms with Crippen molar-refractivity contribution < 1.29 is 19.1 Å². The second kappa shape index (κ2) is 16.9. The summed E-state index contributed by atoms with van der Waals surface area (Å²) >= 11 is 0. The molecule has 192 valence electrons. The number of aryl methyl sites for hydroxylation is 2. The van der Waals surface area contributed by atoms with Crippen LogP contribution in [0.3, 0.4) is 0 Å². The molecule has 0 aliphatic rings. The molecule has 0 spiro atoms. The van der Waals surface area contributed by atoms with Gasteiger partial charge in [0.2, 0.25) is 0 Å². The Bertz CT molecular complexity index is 855. The molecule has 0 heterocycles. The number of hydrogen-bond donors (Lipinski definition) is 0. The number of carbonyl (C=O) groups is 2. The fraction of sp³-hybridized carbons (Fsp3) is 0.548. The van der Waals surface area contributed by atoms with Crippen LogP contribution in [0.15, 0.2) is 48.5 Å². The highest BCUT2D eigenvalue weighted by Crippen LogP contribution is 2.14. The van der Waals surface area contributed by atoms with E-state index in [1.165, 1.54) is 75.3 Å². The largest absolute Gasteiger partial charge is 0.458 e. The highest BCUT2D eigenvalue weighted by atomic mass is 16.6. The molecule has 0 radical (unpaired) electrons. The van der Waals surface area contributed by atoms with E-state index >= 15 is 0 Å². The zero-order valence-corrected chi connectivity index (χ0v) is 22.0. The topological polar surface area (TPSA) is 52.6 Å². The fourth-order valence-corrected chi connectivity index (χ4v) is 4.04. The number of rotatable bonds is 17. The molecule has 0 N–H and O–H groups in total. The molecule has 0 aliphatic heterocycles. The normalized spacial score (nSPS) is 11.7. The van der Waals surface area contributed by atoms with Gasteiger partial charge in [0, 0.05) is 0 Å². The number of hydrogen-bond acceptors (Lipinski definition) is 4. The standard InChI is InChI=1S/C31H44O4/c1-4-6-8-10-12-14-26-16-20-28(21-17-26)30(32)34-24-25(3)35-31(33)29-22-18-27(19-23-29)15-13-11-9-7-5-2/h16-23,25H,4-15,24H2,1-3H3. The number of benzene rings is 2. The first-order valence-corrected chi connectivity index (χ1v) is 13.6. The number of carbonyl (C=O) groups excluding carboxylic acids is 2. The van der Waals surface area contributed by atoms with E-state index in [0.29, 0.717) is 11.1 Å². The van der Waals surface area contributed by atoms with E-state index in [1.807, 2.05) is 48.5 Å². The van der Waals surface area contributed by atoms with Gasteiger partial charge in [-0.15, -0.1) is 0 Å². The van der Waals surface area contributed by atoms with Crippen molar-refractivity contribution in [2.45, 2.75) is 104 Å². The average Bonchev–Trinajstić information content (AvgIpc) is 2.87. The third kappa shape index (κ3) is 11.6. The van der Waals surface area contributed by atoms with Crippen LogP contribution in [0.5, 0.6) is 0 Å². The summed E-state index contributed by atoms with van der Waals surface area (Å²) in [5.74, 6) is -0.794. The van der Waals surface area contributed by atoms with Gasteiger partial charge in [0.1, 0.15) is 12.7 Å². The lowest BCUT2D eigenvalue weighted by Gasteiger charge is -2.14. The first-order valence-electron chi connectivity index (χ1n) is 13.6. The van der Waals surface area contributed by atoms with Crippen molar-refractivity contribution in [1.29, 1.82) is 0 Å². The van der Waals surface area contributed by atoms with Crippen LogP contribution >= 0.6 is 0 Å². The molecule has 0 bridgehead atoms. The Labute approximate surface area is 212 Å². The van der Waals surface area contributed by atoms with Crippen LogP contribution in [0.1, 0.15) is 117 Å². The van der Waals surface area contributed by atoms with E-state index in [9.17, 15) is 9.59 Å². The fourth-order valence-electron chi connectivity index (χ4n) is 4.04. The lowest BCUT2D eigenvalue weighted by atomic mass is 10.0. The van der Waals surface area contributed by atoms with Gasteiger partial charge in [-0.2, -0.15) is 0 Å². The van der Waals surface area contributed by atoms with Crippen LogP contribution in [-0.2, 0) is 22.3 Å². The van der Waals surface area contributed by atoms with Crippen molar-refractivity contribution in [2.24, 2.45) is 0 Å². The average molecular weight is 481 g/mol. The van der Waals surface area contributed by atoms with Gasteiger partial charge in [0.05, 0.1) is 11.1 Å². The molecule has 4 nitrogen and oxygen atoms in total. The van der Waals surface area contributed by atoms with E-state index in [2.05, 4.69) is 13.8 Å². The Hall–Kier alpha value is -2.62. The Balaban J connectivity index is 1.69. The smallest absolute Gasteiger partial charge is 0.338 e. The van der Waals surface area contributed by atoms with Gasteiger partial charge < -0.3 is 9.47 Å². The van der Waals surface area contributed by atoms with Crippen molar-refractivity contribution >= 4 is 11.9 Å². The third-order valence-corrected chi connectivity index (χ3v) is 6.27. The molecule has 1 atom stereocenters. The second-order valence-electron chi connectivity index (χ2n) is 9.54. The van der Waals surface area contributed by atoms with Crippen LogP contribution in [0.25, 0.3) is 0 Å². The number of esters is 2. The maximum absolute atomic E-state index is 12.4. The first-order chi connectivity index (χ1) is 17.0. The molecule has 0 aliphatic carbocycles. The second-order valence-corrected chi connectivity index (χ2v) is 9.54. The predicted octanol–water partition coefficient (Wildman–Crippen LogP) is 8.11. The Morgan fingerprint density at radius 2 is 1.06 bits per heavy atom. The first kappa shape index (κ1) is 28.6. The van der Waals surface area contributed by atoms with E-state index < -0.39 is 18.0 Å². The molecule has 1 unspecified atom stereocenters. The van der Waals surface area contributed by atoms with Crippen LogP contribution in [-0.4, -0.2) is 24.6 Å². The van der Waals surface area contributed by atoms with Crippen LogP contribution in [0.2, 0.25) is 0 Å². The van der Waals surface area contributed by atoms with Crippen molar-refractivity contribution in [3.05, 3.63) is 70.8 Å². The monoisotopic (exact) mass is 480 g/mol. The molecule has 0 saturated carbocycles. The van der Waals surface area contributed by atoms with Gasteiger partial charge >= 0.3 is 11.9 Å². The van der Waals surface area contributed by atoms with Crippen molar-refractivity contribution in [3.63, 3.8) is 0 Å². The molecule has 35 heavy (non-hydrogen) atoms. The summed E-state index contributed by atoms with van der Waals surface area (Å²) in [4.78, 5) is 24.8. The van der Waals surface area contributed by atoms with Crippen molar-refractivity contribution in [1.82, 2.24) is 0 Å². The zero-order valence-electron chi connectivity index (χ0n) is 22.0. The van der Waals surface area contributed by atoms with Gasteiger partial charge in [-0.25, -0.2) is 9.59 Å². The minimum atomic E-state index is -0.521. The van der Waals surface area contributed by atoms with E-state index in [4.69, 9.17) is 9.47 Å². The maximum Gasteiger partial charge on any atom is 0.338 e. The van der Waals surface area contributed by atoms with Crippen LogP contribution in [0, 0.1) is 0 Å². The summed E-state index contributed by atoms with van der Waals surface area (Å²) in [5.41, 5.74) is 3.51. The molecule has 0 fully saturated rings. The van der Waals surface area contributed by atoms with E-state index in [1.54, 1.807) is 6.92 Å². The highest BCUT2D eigenvalue weighted by molar-refractivity contribution is 5.90. The molecule has 0 amide bonds. The molecule has 2 aromatic rings. The SMILES string of the molecule is CCCCCCCc1ccc(C(=O)OCC(C)OC(=O)c2ccc(CCCCCCC)cc2)cc1. The maximum atomic E-state index is 12.4. The van der Waals surface area contributed by atoms with Crippen LogP contribution < -0.4 is 0 Å². The van der Waals surface area contributed by atoms with Gasteiger partial charge in [-0.1, -0.05) is 89.5 Å².